The molecule has 0 radical (unpaired) electrons. The van der Waals surface area contributed by atoms with Crippen LogP contribution in [0.2, 0.25) is 0 Å². The first-order valence-corrected chi connectivity index (χ1v) is 17.0. The van der Waals surface area contributed by atoms with E-state index < -0.39 is 55.6 Å². The minimum absolute atomic E-state index is 0.00390. The molecular formula is C36H38F7N7O5. The molecule has 2 aromatic carbocycles. The zero-order valence-corrected chi connectivity index (χ0v) is 29.7. The molecule has 2 aromatic heterocycles. The Hall–Kier alpha value is -5.75. The van der Waals surface area contributed by atoms with Crippen LogP contribution < -0.4 is 16.0 Å². The molecule has 0 saturated heterocycles. The van der Waals surface area contributed by atoms with E-state index in [4.69, 9.17) is 10.5 Å². The van der Waals surface area contributed by atoms with E-state index in [2.05, 4.69) is 31.9 Å². The van der Waals surface area contributed by atoms with Crippen molar-refractivity contribution in [1.82, 2.24) is 14.5 Å². The van der Waals surface area contributed by atoms with Crippen molar-refractivity contribution in [2.45, 2.75) is 63.6 Å². The largest absolute Gasteiger partial charge is 0.460 e. The van der Waals surface area contributed by atoms with E-state index in [0.717, 1.165) is 30.6 Å². The van der Waals surface area contributed by atoms with E-state index in [1.54, 1.807) is 41.9 Å². The Bertz CT molecular complexity index is 1970. The highest BCUT2D eigenvalue weighted by atomic mass is 19.4. The summed E-state index contributed by atoms with van der Waals surface area (Å²) in [5.41, 5.74) is 8.32. The maximum absolute atomic E-state index is 13.7. The minimum atomic E-state index is -6.58. The quantitative estimate of drug-likeness (QED) is 0.0367. The van der Waals surface area contributed by atoms with E-state index in [0.29, 0.717) is 28.1 Å². The van der Waals surface area contributed by atoms with Crippen LogP contribution in [-0.4, -0.2) is 76.1 Å². The van der Waals surface area contributed by atoms with Crippen LogP contribution in [0.15, 0.2) is 71.9 Å². The number of nitrogens with one attached hydrogen (secondary N) is 1. The number of aryl methyl sites for hydroxylation is 1. The number of ether oxygens (including phenoxy) is 2. The fourth-order valence-corrected chi connectivity index (χ4v) is 5.10. The average Bonchev–Trinajstić information content (AvgIpc) is 3.47. The third kappa shape index (κ3) is 10.7. The van der Waals surface area contributed by atoms with Crippen LogP contribution in [0, 0.1) is 0 Å². The van der Waals surface area contributed by atoms with Crippen molar-refractivity contribution in [3.05, 3.63) is 83.8 Å². The fourth-order valence-electron chi connectivity index (χ4n) is 5.10. The number of pyridine rings is 1. The summed E-state index contributed by atoms with van der Waals surface area (Å²) < 4.78 is 102. The number of halogens is 7. The summed E-state index contributed by atoms with van der Waals surface area (Å²) in [6.45, 7) is -0.486. The number of imidazole rings is 1. The molecule has 0 aliphatic heterocycles. The predicted octanol–water partition coefficient (Wildman–Crippen LogP) is 7.42. The van der Waals surface area contributed by atoms with Gasteiger partial charge in [0, 0.05) is 36.6 Å². The molecule has 3 N–H and O–H groups in total. The van der Waals surface area contributed by atoms with Gasteiger partial charge in [-0.05, 0) is 61.0 Å². The number of carbonyl (C=O) groups is 3. The molecule has 4 aromatic rings. The van der Waals surface area contributed by atoms with Crippen molar-refractivity contribution < 1.29 is 54.6 Å². The minimum Gasteiger partial charge on any atom is -0.459 e. The number of anilines is 2. The van der Waals surface area contributed by atoms with Crippen LogP contribution in [0.4, 0.5) is 47.0 Å². The highest BCUT2D eigenvalue weighted by Crippen LogP contribution is 2.46. The molecule has 0 saturated carbocycles. The van der Waals surface area contributed by atoms with Gasteiger partial charge in [0.2, 0.25) is 0 Å². The summed E-state index contributed by atoms with van der Waals surface area (Å²) >= 11 is 0. The number of aliphatic imine (C=N–C) groups is 1. The van der Waals surface area contributed by atoms with Crippen LogP contribution in [0.3, 0.4) is 0 Å². The number of nitrogens with two attached hydrogens (primary N) is 1. The smallest absolute Gasteiger partial charge is 0.459 e. The number of carbonyl (C=O) groups excluding carboxylic acids is 3. The van der Waals surface area contributed by atoms with Crippen molar-refractivity contribution in [2.24, 2.45) is 17.8 Å². The topological polar surface area (TPSA) is 154 Å². The first kappa shape index (κ1) is 42.0. The number of benzene rings is 2. The van der Waals surface area contributed by atoms with E-state index in [1.807, 2.05) is 0 Å². The molecule has 296 valence electrons. The van der Waals surface area contributed by atoms with Crippen LogP contribution in [0.5, 0.6) is 0 Å². The van der Waals surface area contributed by atoms with Gasteiger partial charge in [-0.15, -0.1) is 0 Å². The zero-order valence-electron chi connectivity index (χ0n) is 29.7. The summed E-state index contributed by atoms with van der Waals surface area (Å²) in [6, 6.07) is 15.9. The predicted molar refractivity (Wildman–Crippen MR) is 188 cm³/mol. The van der Waals surface area contributed by atoms with Crippen molar-refractivity contribution in [2.75, 3.05) is 30.0 Å². The number of hydrogen-bond acceptors (Lipinski definition) is 8. The maximum atomic E-state index is 13.7. The highest BCUT2D eigenvalue weighted by Gasteiger charge is 2.73. The molecule has 12 nitrogen and oxygen atoms in total. The summed E-state index contributed by atoms with van der Waals surface area (Å²) in [5.74, 6) is -13.8. The summed E-state index contributed by atoms with van der Waals surface area (Å²) in [5, 5.41) is 3.23. The Balaban J connectivity index is 1.40. The molecule has 0 aliphatic carbocycles. The van der Waals surface area contributed by atoms with Gasteiger partial charge in [0.25, 0.3) is 5.91 Å². The third-order valence-electron chi connectivity index (χ3n) is 8.23. The number of unbranched alkanes of at least 4 members (excludes halogenated alkanes) is 3. The number of amides is 2. The van der Waals surface area contributed by atoms with Crippen molar-refractivity contribution >= 4 is 46.3 Å². The van der Waals surface area contributed by atoms with E-state index in [-0.39, 0.29) is 30.4 Å². The van der Waals surface area contributed by atoms with Crippen molar-refractivity contribution in [1.29, 1.82) is 0 Å². The molecular weight excluding hydrogens is 743 g/mol. The third-order valence-corrected chi connectivity index (χ3v) is 8.23. The van der Waals surface area contributed by atoms with E-state index in [9.17, 15) is 45.1 Å². The van der Waals surface area contributed by atoms with E-state index in [1.165, 1.54) is 36.5 Å². The van der Waals surface area contributed by atoms with Gasteiger partial charge in [-0.3, -0.25) is 14.5 Å². The molecule has 55 heavy (non-hydrogen) atoms. The van der Waals surface area contributed by atoms with Gasteiger partial charge in [0.05, 0.1) is 30.6 Å². The molecule has 0 unspecified atom stereocenters. The maximum Gasteiger partial charge on any atom is 0.460 e. The van der Waals surface area contributed by atoms with Gasteiger partial charge >= 0.3 is 30.1 Å². The summed E-state index contributed by atoms with van der Waals surface area (Å²) in [4.78, 5) is 51.3. The SMILES string of the molecule is CCCCCCOC(=O)/N=C(\N)c1ccc(NCc2nc3cc(C(=O)N(CCC(=O)OCC(F)(F)C(F)(F)C(F)(F)F)c4ccccn4)ccc3n2C)cc1. The lowest BCUT2D eigenvalue weighted by atomic mass is 10.1. The molecule has 19 heteroatoms. The van der Waals surface area contributed by atoms with Crippen molar-refractivity contribution in [3.8, 4) is 0 Å². The Morgan fingerprint density at radius 3 is 2.29 bits per heavy atom. The van der Waals surface area contributed by atoms with Gasteiger partial charge in [-0.25, -0.2) is 14.8 Å². The summed E-state index contributed by atoms with van der Waals surface area (Å²) in [7, 11) is 1.76. The monoisotopic (exact) mass is 781 g/mol. The molecule has 2 amide bonds. The number of alkyl halides is 7. The molecule has 0 aliphatic rings. The molecule has 0 fully saturated rings. The molecule has 4 rings (SSSR count). The summed E-state index contributed by atoms with van der Waals surface area (Å²) in [6.07, 6.45) is -3.04. The number of hydrogen-bond donors (Lipinski definition) is 2. The lowest BCUT2D eigenvalue weighted by molar-refractivity contribution is -0.359. The van der Waals surface area contributed by atoms with Crippen LogP contribution in [0.25, 0.3) is 11.0 Å². The Morgan fingerprint density at radius 2 is 1.64 bits per heavy atom. The van der Waals surface area contributed by atoms with Gasteiger partial charge in [-0.2, -0.15) is 35.7 Å². The Kier molecular flexibility index (Phi) is 13.8. The Labute approximate surface area is 310 Å². The molecule has 2 heterocycles. The number of fused-ring (bicyclic) bond motifs is 1. The highest BCUT2D eigenvalue weighted by molar-refractivity contribution is 6.07. The normalized spacial score (nSPS) is 12.4. The second-order valence-electron chi connectivity index (χ2n) is 12.2. The van der Waals surface area contributed by atoms with Gasteiger partial charge in [0.1, 0.15) is 17.5 Å². The second-order valence-corrected chi connectivity index (χ2v) is 12.2. The zero-order chi connectivity index (χ0) is 40.4. The number of aromatic nitrogens is 3. The van der Waals surface area contributed by atoms with Crippen LogP contribution >= 0.6 is 0 Å². The number of rotatable bonds is 17. The van der Waals surface area contributed by atoms with Crippen molar-refractivity contribution in [3.63, 3.8) is 0 Å². The fraction of sp³-hybridized carbons (Fsp3) is 0.389. The molecule has 0 bridgehead atoms. The number of nitrogens with zero attached hydrogens (tertiary/aromatic N) is 5. The standard InChI is InChI=1S/C36H38F7N7O5/c1-3-4-5-8-19-54-33(53)48-31(44)23-10-13-25(14-11-23)46-21-29-47-26-20-24(12-15-27(26)49(29)2)32(52)50(28-9-6-7-17-45-28)18-16-30(51)55-22-34(37,38)35(39,40)36(41,42)43/h6-7,9-15,17,20,46H,3-5,8,16,18-19,21-22H2,1-2H3,(H2,44,48,53). The number of amidine groups is 1. The lowest BCUT2D eigenvalue weighted by Gasteiger charge is -2.27. The molecule has 0 atom stereocenters. The average molecular weight is 782 g/mol. The lowest BCUT2D eigenvalue weighted by Crippen LogP contribution is -2.54. The second kappa shape index (κ2) is 18.1. The first-order chi connectivity index (χ1) is 25.9. The van der Waals surface area contributed by atoms with Crippen LogP contribution in [-0.2, 0) is 27.9 Å². The van der Waals surface area contributed by atoms with Gasteiger partial charge in [0.15, 0.2) is 6.61 Å². The molecule has 0 spiro atoms. The van der Waals surface area contributed by atoms with Gasteiger partial charge < -0.3 is 25.1 Å². The Morgan fingerprint density at radius 1 is 0.927 bits per heavy atom. The van der Waals surface area contributed by atoms with Gasteiger partial charge in [-0.1, -0.05) is 32.3 Å². The van der Waals surface area contributed by atoms with Crippen LogP contribution in [0.1, 0.15) is 60.8 Å². The number of esters is 1. The first-order valence-electron chi connectivity index (χ1n) is 17.0. The van der Waals surface area contributed by atoms with E-state index >= 15 is 0 Å².